The maximum atomic E-state index is 13.2. The van der Waals surface area contributed by atoms with E-state index in [1.165, 1.54) is 12.1 Å². The summed E-state index contributed by atoms with van der Waals surface area (Å²) in [4.78, 5) is 12.0. The number of halogens is 1. The number of aliphatic hydroxyl groups excluding tert-OH is 1. The number of aryl methyl sites for hydroxylation is 2. The number of hydrogen-bond acceptors (Lipinski definition) is 3. The predicted octanol–water partition coefficient (Wildman–Crippen LogP) is 2.70. The van der Waals surface area contributed by atoms with E-state index in [0.29, 0.717) is 5.56 Å². The van der Waals surface area contributed by atoms with E-state index >= 15 is 0 Å². The molecule has 0 saturated carbocycles. The lowest BCUT2D eigenvalue weighted by Gasteiger charge is -2.17. The third kappa shape index (κ3) is 4.87. The lowest BCUT2D eigenvalue weighted by atomic mass is 10.1. The topological polar surface area (TPSA) is 61.4 Å². The molecule has 3 N–H and O–H groups in total. The van der Waals surface area contributed by atoms with E-state index in [2.05, 4.69) is 10.6 Å². The summed E-state index contributed by atoms with van der Waals surface area (Å²) in [6.45, 7) is 3.72. The van der Waals surface area contributed by atoms with Gasteiger partial charge >= 0.3 is 0 Å². The van der Waals surface area contributed by atoms with Crippen LogP contribution < -0.4 is 10.6 Å². The zero-order valence-corrected chi connectivity index (χ0v) is 13.3. The summed E-state index contributed by atoms with van der Waals surface area (Å²) in [5.74, 6) is -0.589. The van der Waals surface area contributed by atoms with Gasteiger partial charge in [0.05, 0.1) is 19.2 Å². The quantitative estimate of drug-likeness (QED) is 0.768. The number of carbonyl (C=O) groups excluding carboxylic acids is 1. The standard InChI is InChI=1S/C18H21FN2O2/c1-12-6-7-16(13(2)8-12)21-18(23)10-20-17(11-22)14-4-3-5-15(19)9-14/h3-9,17,20,22H,10-11H2,1-2H3,(H,21,23)/t17-/m1/s1. The third-order valence-electron chi connectivity index (χ3n) is 3.60. The van der Waals surface area contributed by atoms with E-state index in [1.807, 2.05) is 32.0 Å². The number of aliphatic hydroxyl groups is 1. The molecular formula is C18H21FN2O2. The molecule has 1 atom stereocenters. The Bertz CT molecular complexity index is 688. The Labute approximate surface area is 135 Å². The van der Waals surface area contributed by atoms with E-state index in [1.54, 1.807) is 12.1 Å². The number of hydrogen-bond donors (Lipinski definition) is 3. The van der Waals surface area contributed by atoms with Crippen LogP contribution in [0.25, 0.3) is 0 Å². The first-order valence-corrected chi connectivity index (χ1v) is 7.46. The Morgan fingerprint density at radius 2 is 2.00 bits per heavy atom. The lowest BCUT2D eigenvalue weighted by Crippen LogP contribution is -2.33. The molecule has 0 saturated heterocycles. The van der Waals surface area contributed by atoms with Gasteiger partial charge < -0.3 is 10.4 Å². The van der Waals surface area contributed by atoms with Crippen molar-refractivity contribution in [2.24, 2.45) is 0 Å². The number of rotatable bonds is 6. The van der Waals surface area contributed by atoms with Crippen LogP contribution in [-0.4, -0.2) is 24.2 Å². The summed E-state index contributed by atoms with van der Waals surface area (Å²) in [5, 5.41) is 15.2. The zero-order chi connectivity index (χ0) is 16.8. The van der Waals surface area contributed by atoms with Crippen LogP contribution in [0.3, 0.4) is 0 Å². The molecule has 23 heavy (non-hydrogen) atoms. The fraction of sp³-hybridized carbons (Fsp3) is 0.278. The van der Waals surface area contributed by atoms with Crippen molar-refractivity contribution in [1.82, 2.24) is 5.32 Å². The molecule has 4 nitrogen and oxygen atoms in total. The zero-order valence-electron chi connectivity index (χ0n) is 13.3. The Morgan fingerprint density at radius 3 is 2.65 bits per heavy atom. The molecule has 2 rings (SSSR count). The molecule has 0 aliphatic carbocycles. The summed E-state index contributed by atoms with van der Waals surface area (Å²) < 4.78 is 13.2. The van der Waals surface area contributed by atoms with Crippen LogP contribution in [0.5, 0.6) is 0 Å². The largest absolute Gasteiger partial charge is 0.394 e. The molecule has 0 radical (unpaired) electrons. The van der Waals surface area contributed by atoms with E-state index in [0.717, 1.165) is 16.8 Å². The summed E-state index contributed by atoms with van der Waals surface area (Å²) in [6, 6.07) is 11.3. The second-order valence-electron chi connectivity index (χ2n) is 5.54. The minimum Gasteiger partial charge on any atom is -0.394 e. The molecule has 2 aromatic rings. The Morgan fingerprint density at radius 1 is 1.22 bits per heavy atom. The fourth-order valence-corrected chi connectivity index (χ4v) is 2.38. The van der Waals surface area contributed by atoms with Gasteiger partial charge in [0.15, 0.2) is 0 Å². The molecule has 0 aliphatic heterocycles. The van der Waals surface area contributed by atoms with Crippen molar-refractivity contribution >= 4 is 11.6 Å². The highest BCUT2D eigenvalue weighted by Crippen LogP contribution is 2.16. The first-order valence-electron chi connectivity index (χ1n) is 7.46. The molecule has 0 spiro atoms. The maximum absolute atomic E-state index is 13.2. The fourth-order valence-electron chi connectivity index (χ4n) is 2.38. The second-order valence-corrected chi connectivity index (χ2v) is 5.54. The van der Waals surface area contributed by atoms with Gasteiger partial charge in [-0.3, -0.25) is 10.1 Å². The molecule has 0 heterocycles. The van der Waals surface area contributed by atoms with Crippen LogP contribution in [0.2, 0.25) is 0 Å². The van der Waals surface area contributed by atoms with E-state index < -0.39 is 6.04 Å². The lowest BCUT2D eigenvalue weighted by molar-refractivity contribution is -0.115. The number of benzene rings is 2. The number of carbonyl (C=O) groups is 1. The molecule has 0 fully saturated rings. The van der Waals surface area contributed by atoms with E-state index in [9.17, 15) is 14.3 Å². The Kier molecular flexibility index (Phi) is 5.84. The number of amides is 1. The van der Waals surface area contributed by atoms with Gasteiger partial charge in [-0.15, -0.1) is 0 Å². The molecule has 0 bridgehead atoms. The van der Waals surface area contributed by atoms with Gasteiger partial charge in [-0.25, -0.2) is 4.39 Å². The predicted molar refractivity (Wildman–Crippen MR) is 88.8 cm³/mol. The van der Waals surface area contributed by atoms with E-state index in [4.69, 9.17) is 0 Å². The van der Waals surface area contributed by atoms with Crippen molar-refractivity contribution in [1.29, 1.82) is 0 Å². The highest BCUT2D eigenvalue weighted by atomic mass is 19.1. The molecule has 122 valence electrons. The molecule has 0 aromatic heterocycles. The molecule has 2 aromatic carbocycles. The van der Waals surface area contributed by atoms with Crippen molar-refractivity contribution in [3.63, 3.8) is 0 Å². The van der Waals surface area contributed by atoms with Crippen LogP contribution in [0.4, 0.5) is 10.1 Å². The minimum atomic E-state index is -0.490. The normalized spacial score (nSPS) is 12.0. The number of anilines is 1. The molecule has 0 aliphatic rings. The highest BCUT2D eigenvalue weighted by molar-refractivity contribution is 5.93. The molecule has 0 unspecified atom stereocenters. The van der Waals surface area contributed by atoms with Gasteiger partial charge in [-0.2, -0.15) is 0 Å². The molecule has 5 heteroatoms. The third-order valence-corrected chi connectivity index (χ3v) is 3.60. The van der Waals surface area contributed by atoms with Gasteiger partial charge in [-0.1, -0.05) is 29.8 Å². The van der Waals surface area contributed by atoms with Crippen LogP contribution in [0, 0.1) is 19.7 Å². The summed E-state index contributed by atoms with van der Waals surface area (Å²) in [5.41, 5.74) is 3.48. The monoisotopic (exact) mass is 316 g/mol. The van der Waals surface area contributed by atoms with Crippen LogP contribution >= 0.6 is 0 Å². The van der Waals surface area contributed by atoms with Gasteiger partial charge in [0.1, 0.15) is 5.82 Å². The van der Waals surface area contributed by atoms with Crippen LogP contribution in [0.1, 0.15) is 22.7 Å². The minimum absolute atomic E-state index is 0.0229. The summed E-state index contributed by atoms with van der Waals surface area (Å²) >= 11 is 0. The maximum Gasteiger partial charge on any atom is 0.238 e. The van der Waals surface area contributed by atoms with Gasteiger partial charge in [-0.05, 0) is 43.2 Å². The second kappa shape index (κ2) is 7.85. The van der Waals surface area contributed by atoms with Crippen molar-refractivity contribution in [2.45, 2.75) is 19.9 Å². The van der Waals surface area contributed by atoms with Gasteiger partial charge in [0.25, 0.3) is 0 Å². The van der Waals surface area contributed by atoms with Crippen LogP contribution in [-0.2, 0) is 4.79 Å². The van der Waals surface area contributed by atoms with Gasteiger partial charge in [0, 0.05) is 5.69 Å². The van der Waals surface area contributed by atoms with Crippen molar-refractivity contribution in [3.8, 4) is 0 Å². The first-order chi connectivity index (χ1) is 11.0. The van der Waals surface area contributed by atoms with Crippen molar-refractivity contribution in [2.75, 3.05) is 18.5 Å². The Hall–Kier alpha value is -2.24. The van der Waals surface area contributed by atoms with Crippen molar-refractivity contribution < 1.29 is 14.3 Å². The molecule has 1 amide bonds. The van der Waals surface area contributed by atoms with Crippen molar-refractivity contribution in [3.05, 3.63) is 65.0 Å². The SMILES string of the molecule is Cc1ccc(NC(=O)CN[C@H](CO)c2cccc(F)c2)c(C)c1. The average Bonchev–Trinajstić information content (AvgIpc) is 2.51. The summed E-state index contributed by atoms with van der Waals surface area (Å²) in [6.07, 6.45) is 0. The first kappa shape index (κ1) is 17.1. The number of nitrogens with one attached hydrogen (secondary N) is 2. The molecular weight excluding hydrogens is 295 g/mol. The van der Waals surface area contributed by atoms with Crippen LogP contribution in [0.15, 0.2) is 42.5 Å². The van der Waals surface area contributed by atoms with E-state index in [-0.39, 0.29) is 24.9 Å². The van der Waals surface area contributed by atoms with Gasteiger partial charge in [0.2, 0.25) is 5.91 Å². The Balaban J connectivity index is 1.94. The highest BCUT2D eigenvalue weighted by Gasteiger charge is 2.13. The summed E-state index contributed by atoms with van der Waals surface area (Å²) in [7, 11) is 0. The smallest absolute Gasteiger partial charge is 0.238 e. The average molecular weight is 316 g/mol.